The van der Waals surface area contributed by atoms with Gasteiger partial charge in [0.15, 0.2) is 0 Å². The van der Waals surface area contributed by atoms with E-state index in [4.69, 9.17) is 14.2 Å². The third kappa shape index (κ3) is 8.85. The van der Waals surface area contributed by atoms with Crippen molar-refractivity contribution in [3.05, 3.63) is 77.9 Å². The summed E-state index contributed by atoms with van der Waals surface area (Å²) < 4.78 is 17.2. The van der Waals surface area contributed by atoms with Crippen LogP contribution in [-0.4, -0.2) is 36.2 Å². The summed E-state index contributed by atoms with van der Waals surface area (Å²) in [6.45, 7) is 7.76. The number of ether oxygens (including phenoxy) is 3. The minimum atomic E-state index is -0.496. The molecule has 0 saturated heterocycles. The van der Waals surface area contributed by atoms with Crippen molar-refractivity contribution in [1.82, 2.24) is 0 Å². The zero-order valence-corrected chi connectivity index (χ0v) is 25.3. The monoisotopic (exact) mass is 571 g/mol. The van der Waals surface area contributed by atoms with Crippen molar-refractivity contribution in [2.24, 2.45) is 10.9 Å². The number of benzene rings is 3. The summed E-state index contributed by atoms with van der Waals surface area (Å²) in [4.78, 5) is 17.4. The lowest BCUT2D eigenvalue weighted by molar-refractivity contribution is 0.0734. The summed E-state index contributed by atoms with van der Waals surface area (Å²) >= 11 is 0. The molecular weight excluding hydrogens is 526 g/mol. The molecule has 3 aromatic rings. The van der Waals surface area contributed by atoms with Crippen molar-refractivity contribution in [3.63, 3.8) is 0 Å². The lowest BCUT2D eigenvalue weighted by Gasteiger charge is -2.11. The van der Waals surface area contributed by atoms with Crippen LogP contribution in [0.25, 0.3) is 11.1 Å². The second-order valence-electron chi connectivity index (χ2n) is 11.2. The van der Waals surface area contributed by atoms with Crippen molar-refractivity contribution < 1.29 is 24.1 Å². The Hall–Kier alpha value is -3.80. The van der Waals surface area contributed by atoms with Crippen molar-refractivity contribution in [2.75, 3.05) is 13.2 Å². The minimum Gasteiger partial charge on any atom is -0.507 e. The number of carbonyl (C=O) groups is 1. The first-order chi connectivity index (χ1) is 20.5. The topological polar surface area (TPSA) is 77.4 Å². The normalized spacial score (nSPS) is 15.1. The third-order valence-electron chi connectivity index (χ3n) is 7.96. The van der Waals surface area contributed by atoms with E-state index in [1.807, 2.05) is 36.4 Å². The second-order valence-corrected chi connectivity index (χ2v) is 11.2. The molecule has 42 heavy (non-hydrogen) atoms. The molecule has 1 aliphatic heterocycles. The van der Waals surface area contributed by atoms with E-state index in [1.54, 1.807) is 24.3 Å². The molecule has 0 aliphatic carbocycles. The average Bonchev–Trinajstić information content (AvgIpc) is 3.50. The number of phenolic OH excluding ortho intramolecular Hbond substituents is 1. The van der Waals surface area contributed by atoms with Gasteiger partial charge in [-0.1, -0.05) is 96.4 Å². The summed E-state index contributed by atoms with van der Waals surface area (Å²) in [6, 6.07) is 20.1. The van der Waals surface area contributed by atoms with Gasteiger partial charge in [0.1, 0.15) is 23.9 Å². The Morgan fingerprint density at radius 3 is 2.14 bits per heavy atom. The van der Waals surface area contributed by atoms with Crippen LogP contribution in [0.5, 0.6) is 17.2 Å². The molecule has 2 atom stereocenters. The number of carbonyl (C=O) groups excluding carboxylic acids is 1. The van der Waals surface area contributed by atoms with Crippen molar-refractivity contribution >= 4 is 11.9 Å². The summed E-state index contributed by atoms with van der Waals surface area (Å²) in [5, 5.41) is 10.6. The fourth-order valence-electron chi connectivity index (χ4n) is 4.99. The van der Waals surface area contributed by atoms with E-state index < -0.39 is 5.97 Å². The number of hydrogen-bond donors (Lipinski definition) is 1. The maximum atomic E-state index is 12.8. The SMILES string of the molecule is CCCCCCCCCCOc1ccc(-c2ccc(C(=O)Oc3ccc(C4=N[C@@H]([C@@H](C)CC)CO4)c(O)c3)cc2)cc1. The molecule has 0 aromatic heterocycles. The average molecular weight is 572 g/mol. The molecule has 224 valence electrons. The predicted octanol–water partition coefficient (Wildman–Crippen LogP) is 8.99. The van der Waals surface area contributed by atoms with Crippen molar-refractivity contribution in [1.29, 1.82) is 0 Å². The molecule has 1 heterocycles. The molecule has 0 spiro atoms. The van der Waals surface area contributed by atoms with Crippen LogP contribution >= 0.6 is 0 Å². The summed E-state index contributed by atoms with van der Waals surface area (Å²) in [5.74, 6) is 1.42. The Morgan fingerprint density at radius 1 is 0.881 bits per heavy atom. The molecule has 6 nitrogen and oxygen atoms in total. The molecule has 0 radical (unpaired) electrons. The fourth-order valence-corrected chi connectivity index (χ4v) is 4.99. The highest BCUT2D eigenvalue weighted by molar-refractivity contribution is 5.98. The van der Waals surface area contributed by atoms with E-state index in [2.05, 4.69) is 25.8 Å². The Balaban J connectivity index is 1.24. The third-order valence-corrected chi connectivity index (χ3v) is 7.96. The molecule has 0 unspecified atom stereocenters. The van der Waals surface area contributed by atoms with E-state index in [0.717, 1.165) is 36.3 Å². The van der Waals surface area contributed by atoms with E-state index in [-0.39, 0.29) is 17.5 Å². The zero-order chi connectivity index (χ0) is 29.7. The smallest absolute Gasteiger partial charge is 0.343 e. The number of aromatic hydroxyl groups is 1. The Labute approximate surface area is 250 Å². The van der Waals surface area contributed by atoms with Crippen LogP contribution in [-0.2, 0) is 4.74 Å². The van der Waals surface area contributed by atoms with Crippen LogP contribution < -0.4 is 9.47 Å². The van der Waals surface area contributed by atoms with E-state index in [0.29, 0.717) is 29.5 Å². The van der Waals surface area contributed by atoms with Gasteiger partial charge in [-0.3, -0.25) is 0 Å². The number of aliphatic imine (C=N–C) groups is 1. The second kappa shape index (κ2) is 16.0. The van der Waals surface area contributed by atoms with Crippen molar-refractivity contribution in [2.45, 2.75) is 84.6 Å². The van der Waals surface area contributed by atoms with Gasteiger partial charge in [-0.05, 0) is 59.9 Å². The lowest BCUT2D eigenvalue weighted by Crippen LogP contribution is -2.16. The van der Waals surface area contributed by atoms with Crippen LogP contribution in [0.4, 0.5) is 0 Å². The Bertz CT molecular complexity index is 1300. The van der Waals surface area contributed by atoms with Crippen molar-refractivity contribution in [3.8, 4) is 28.4 Å². The Morgan fingerprint density at radius 2 is 1.50 bits per heavy atom. The quantitative estimate of drug-likeness (QED) is 0.105. The maximum absolute atomic E-state index is 12.8. The summed E-state index contributed by atoms with van der Waals surface area (Å²) in [7, 11) is 0. The van der Waals surface area contributed by atoms with Crippen LogP contribution in [0.2, 0.25) is 0 Å². The van der Waals surface area contributed by atoms with Gasteiger partial charge >= 0.3 is 5.97 Å². The molecule has 6 heteroatoms. The van der Waals surface area contributed by atoms with Crippen LogP contribution in [0.15, 0.2) is 71.7 Å². The predicted molar refractivity (Wildman–Crippen MR) is 169 cm³/mol. The van der Waals surface area contributed by atoms with E-state index in [9.17, 15) is 9.90 Å². The first kappa shape index (κ1) is 31.1. The van der Waals surface area contributed by atoms with Gasteiger partial charge in [-0.15, -0.1) is 0 Å². The molecule has 0 amide bonds. The number of rotatable bonds is 16. The van der Waals surface area contributed by atoms with Gasteiger partial charge < -0.3 is 19.3 Å². The number of nitrogens with zero attached hydrogens (tertiary/aromatic N) is 1. The van der Waals surface area contributed by atoms with E-state index >= 15 is 0 Å². The number of hydrogen-bond acceptors (Lipinski definition) is 6. The minimum absolute atomic E-state index is 0.0376. The van der Waals surface area contributed by atoms with Gasteiger partial charge in [0.2, 0.25) is 5.90 Å². The largest absolute Gasteiger partial charge is 0.507 e. The first-order valence-corrected chi connectivity index (χ1v) is 15.6. The number of unbranched alkanes of at least 4 members (excludes halogenated alkanes) is 7. The molecule has 0 bridgehead atoms. The van der Waals surface area contributed by atoms with E-state index in [1.165, 1.54) is 51.0 Å². The highest BCUT2D eigenvalue weighted by atomic mass is 16.5. The highest BCUT2D eigenvalue weighted by Gasteiger charge is 2.26. The maximum Gasteiger partial charge on any atom is 0.343 e. The first-order valence-electron chi connectivity index (χ1n) is 15.6. The standard InChI is InChI=1S/C36H45NO5/c1-4-6-7-8-9-10-11-12-23-40-30-19-17-28(18-20-30)27-13-15-29(16-14-27)36(39)42-31-21-22-32(34(38)24-31)35-37-33(25-41-35)26(3)5-2/h13-22,24,26,33,38H,4-12,23,25H2,1-3H3/t26-,33+/m0/s1. The van der Waals surface area contributed by atoms with Crippen LogP contribution in [0.3, 0.4) is 0 Å². The van der Waals surface area contributed by atoms with Gasteiger partial charge in [-0.2, -0.15) is 0 Å². The lowest BCUT2D eigenvalue weighted by atomic mass is 10.0. The van der Waals surface area contributed by atoms with Crippen LogP contribution in [0, 0.1) is 5.92 Å². The summed E-state index contributed by atoms with van der Waals surface area (Å²) in [5.41, 5.74) is 2.96. The van der Waals surface area contributed by atoms with Gasteiger partial charge in [-0.25, -0.2) is 9.79 Å². The molecule has 3 aromatic carbocycles. The molecule has 0 fully saturated rings. The fraction of sp³-hybridized carbons (Fsp3) is 0.444. The van der Waals surface area contributed by atoms with Gasteiger partial charge in [0, 0.05) is 6.07 Å². The summed E-state index contributed by atoms with van der Waals surface area (Å²) in [6.07, 6.45) is 11.3. The number of phenols is 1. The molecule has 4 rings (SSSR count). The highest BCUT2D eigenvalue weighted by Crippen LogP contribution is 2.29. The zero-order valence-electron chi connectivity index (χ0n) is 25.3. The molecule has 0 saturated carbocycles. The molecular formula is C36H45NO5. The van der Waals surface area contributed by atoms with Crippen LogP contribution in [0.1, 0.15) is 94.5 Å². The molecule has 1 aliphatic rings. The molecule has 1 N–H and O–H groups in total. The Kier molecular flexibility index (Phi) is 11.9. The van der Waals surface area contributed by atoms with Gasteiger partial charge in [0.05, 0.1) is 23.8 Å². The number of esters is 1. The van der Waals surface area contributed by atoms with Gasteiger partial charge in [0.25, 0.3) is 0 Å².